The average Bonchev–Trinajstić information content (AvgIpc) is 2.85. The number of nitrogen functional groups attached to an aromatic ring is 1. The predicted octanol–water partition coefficient (Wildman–Crippen LogP) is 0.709. The molecule has 1 fully saturated rings. The fraction of sp³-hybridized carbons (Fsp3) is 0.429. The number of hydrazine groups is 1. The van der Waals surface area contributed by atoms with Crippen molar-refractivity contribution >= 4 is 5.88 Å². The first-order chi connectivity index (χ1) is 5.85. The maximum atomic E-state index is 8.60. The van der Waals surface area contributed by atoms with E-state index in [9.17, 15) is 0 Å². The summed E-state index contributed by atoms with van der Waals surface area (Å²) in [7, 11) is 0. The zero-order valence-corrected chi connectivity index (χ0v) is 6.37. The summed E-state index contributed by atoms with van der Waals surface area (Å²) in [6.07, 6.45) is 2.19. The van der Waals surface area contributed by atoms with Gasteiger partial charge in [0.15, 0.2) is 0 Å². The molecule has 1 saturated carbocycles. The molecule has 62 valence electrons. The predicted molar refractivity (Wildman–Crippen MR) is 41.0 cm³/mol. The molecule has 0 radical (unpaired) electrons. The maximum absolute atomic E-state index is 8.60. The molecule has 2 rings (SSSR count). The van der Waals surface area contributed by atoms with Crippen LogP contribution in [-0.4, -0.2) is 4.98 Å². The van der Waals surface area contributed by atoms with Gasteiger partial charge >= 0.3 is 0 Å². The Morgan fingerprint density at radius 3 is 2.83 bits per heavy atom. The van der Waals surface area contributed by atoms with Crippen molar-refractivity contribution in [1.29, 1.82) is 5.26 Å². The highest BCUT2D eigenvalue weighted by Gasteiger charge is 2.30. The van der Waals surface area contributed by atoms with Gasteiger partial charge < -0.3 is 4.42 Å². The molecule has 0 saturated heterocycles. The molecule has 0 unspecified atom stereocenters. The molecular formula is C7H8N4O. The Hall–Kier alpha value is -1.54. The second-order valence-corrected chi connectivity index (χ2v) is 2.76. The van der Waals surface area contributed by atoms with Crippen LogP contribution in [0.4, 0.5) is 5.88 Å². The number of nitrogens with one attached hydrogen (secondary N) is 1. The third-order valence-corrected chi connectivity index (χ3v) is 1.81. The molecule has 1 aromatic heterocycles. The summed E-state index contributed by atoms with van der Waals surface area (Å²) >= 11 is 0. The zero-order valence-electron chi connectivity index (χ0n) is 6.37. The molecular weight excluding hydrogens is 156 g/mol. The minimum absolute atomic E-state index is 0.236. The first-order valence-corrected chi connectivity index (χ1v) is 3.72. The van der Waals surface area contributed by atoms with E-state index >= 15 is 0 Å². The number of nitrogens with zero attached hydrogens (tertiary/aromatic N) is 2. The van der Waals surface area contributed by atoms with E-state index < -0.39 is 0 Å². The summed E-state index contributed by atoms with van der Waals surface area (Å²) in [6, 6.07) is 1.90. The van der Waals surface area contributed by atoms with Crippen molar-refractivity contribution < 1.29 is 4.42 Å². The van der Waals surface area contributed by atoms with Crippen LogP contribution in [-0.2, 0) is 0 Å². The van der Waals surface area contributed by atoms with Crippen LogP contribution in [0.1, 0.15) is 30.3 Å². The molecule has 5 nitrogen and oxygen atoms in total. The molecule has 0 amide bonds. The highest BCUT2D eigenvalue weighted by Crippen LogP contribution is 2.40. The molecule has 12 heavy (non-hydrogen) atoms. The lowest BCUT2D eigenvalue weighted by molar-refractivity contribution is 0.509. The Balaban J connectivity index is 2.35. The van der Waals surface area contributed by atoms with E-state index in [-0.39, 0.29) is 11.6 Å². The Morgan fingerprint density at radius 2 is 2.42 bits per heavy atom. The van der Waals surface area contributed by atoms with Crippen molar-refractivity contribution in [3.05, 3.63) is 11.6 Å². The third-order valence-electron chi connectivity index (χ3n) is 1.81. The Bertz CT molecular complexity index is 334. The summed E-state index contributed by atoms with van der Waals surface area (Å²) in [5, 5.41) is 8.60. The normalized spacial score (nSPS) is 15.7. The van der Waals surface area contributed by atoms with Crippen LogP contribution >= 0.6 is 0 Å². The van der Waals surface area contributed by atoms with Crippen LogP contribution in [0.15, 0.2) is 4.42 Å². The summed E-state index contributed by atoms with van der Waals surface area (Å²) in [5.41, 5.74) is 2.53. The topological polar surface area (TPSA) is 87.9 Å². The Kier molecular flexibility index (Phi) is 1.48. The molecule has 3 N–H and O–H groups in total. The van der Waals surface area contributed by atoms with Crippen LogP contribution in [0.3, 0.4) is 0 Å². The molecule has 0 bridgehead atoms. The van der Waals surface area contributed by atoms with Crippen molar-refractivity contribution in [1.82, 2.24) is 4.98 Å². The van der Waals surface area contributed by atoms with Gasteiger partial charge in [0.05, 0.1) is 0 Å². The van der Waals surface area contributed by atoms with Crippen molar-refractivity contribution in [2.24, 2.45) is 5.84 Å². The zero-order chi connectivity index (χ0) is 8.55. The summed E-state index contributed by atoms with van der Waals surface area (Å²) < 4.78 is 5.21. The van der Waals surface area contributed by atoms with Gasteiger partial charge in [-0.2, -0.15) is 5.26 Å². The van der Waals surface area contributed by atoms with Gasteiger partial charge in [-0.25, -0.2) is 10.8 Å². The van der Waals surface area contributed by atoms with Crippen LogP contribution in [0.25, 0.3) is 0 Å². The van der Waals surface area contributed by atoms with Gasteiger partial charge in [0.1, 0.15) is 6.07 Å². The first-order valence-electron chi connectivity index (χ1n) is 3.72. The number of aromatic nitrogens is 1. The van der Waals surface area contributed by atoms with Crippen molar-refractivity contribution in [2.75, 3.05) is 5.43 Å². The minimum atomic E-state index is 0.236. The molecule has 0 aliphatic heterocycles. The molecule has 1 aliphatic carbocycles. The van der Waals surface area contributed by atoms with Crippen molar-refractivity contribution in [3.8, 4) is 6.07 Å². The van der Waals surface area contributed by atoms with Crippen molar-refractivity contribution in [2.45, 2.75) is 18.8 Å². The van der Waals surface area contributed by atoms with E-state index in [1.165, 1.54) is 0 Å². The summed E-state index contributed by atoms with van der Waals surface area (Å²) in [4.78, 5) is 3.99. The van der Waals surface area contributed by atoms with Gasteiger partial charge in [-0.3, -0.25) is 5.43 Å². The van der Waals surface area contributed by atoms with E-state index in [4.69, 9.17) is 15.5 Å². The van der Waals surface area contributed by atoms with Crippen LogP contribution in [0, 0.1) is 11.3 Å². The summed E-state index contributed by atoms with van der Waals surface area (Å²) in [6.45, 7) is 0. The van der Waals surface area contributed by atoms with Crippen LogP contribution in [0.5, 0.6) is 0 Å². The molecule has 1 aliphatic rings. The second-order valence-electron chi connectivity index (χ2n) is 2.76. The minimum Gasteiger partial charge on any atom is -0.422 e. The molecule has 0 spiro atoms. The third kappa shape index (κ3) is 1.02. The lowest BCUT2D eigenvalue weighted by Gasteiger charge is -1.89. The standard InChI is InChI=1S/C7H8N4O/c8-3-5-7(11-9)12-6(10-5)4-1-2-4/h4,11H,1-2,9H2. The largest absolute Gasteiger partial charge is 0.422 e. The lowest BCUT2D eigenvalue weighted by atomic mass is 10.4. The van der Waals surface area contributed by atoms with Gasteiger partial charge in [0, 0.05) is 5.92 Å². The number of anilines is 1. The van der Waals surface area contributed by atoms with E-state index in [1.807, 2.05) is 6.07 Å². The molecule has 0 aromatic carbocycles. The SMILES string of the molecule is N#Cc1nc(C2CC2)oc1NN. The number of nitriles is 1. The second kappa shape index (κ2) is 2.50. The van der Waals surface area contributed by atoms with Crippen LogP contribution in [0.2, 0.25) is 0 Å². The van der Waals surface area contributed by atoms with Gasteiger partial charge in [0.2, 0.25) is 17.5 Å². The highest BCUT2D eigenvalue weighted by atomic mass is 16.4. The lowest BCUT2D eigenvalue weighted by Crippen LogP contribution is -2.06. The van der Waals surface area contributed by atoms with Gasteiger partial charge in [-0.15, -0.1) is 0 Å². The van der Waals surface area contributed by atoms with Gasteiger partial charge in [0.25, 0.3) is 0 Å². The van der Waals surface area contributed by atoms with E-state index in [1.54, 1.807) is 0 Å². The Labute approximate surface area is 69.2 Å². The van der Waals surface area contributed by atoms with Crippen molar-refractivity contribution in [3.63, 3.8) is 0 Å². The average molecular weight is 164 g/mol. The number of nitrogens with two attached hydrogens (primary N) is 1. The number of rotatable bonds is 2. The van der Waals surface area contributed by atoms with Crippen LogP contribution < -0.4 is 11.3 Å². The monoisotopic (exact) mass is 164 g/mol. The Morgan fingerprint density at radius 1 is 1.67 bits per heavy atom. The molecule has 1 heterocycles. The number of hydrogen-bond donors (Lipinski definition) is 2. The van der Waals surface area contributed by atoms with Gasteiger partial charge in [-0.05, 0) is 12.8 Å². The van der Waals surface area contributed by atoms with E-state index in [2.05, 4.69) is 10.4 Å². The first kappa shape index (κ1) is 7.13. The number of oxazole rings is 1. The van der Waals surface area contributed by atoms with E-state index in [0.717, 1.165) is 12.8 Å². The molecule has 5 heteroatoms. The molecule has 1 aromatic rings. The smallest absolute Gasteiger partial charge is 0.246 e. The maximum Gasteiger partial charge on any atom is 0.246 e. The highest BCUT2D eigenvalue weighted by molar-refractivity contribution is 5.44. The quantitative estimate of drug-likeness (QED) is 0.496. The fourth-order valence-corrected chi connectivity index (χ4v) is 1.02. The fourth-order valence-electron chi connectivity index (χ4n) is 1.02. The number of hydrogen-bond acceptors (Lipinski definition) is 5. The van der Waals surface area contributed by atoms with E-state index in [0.29, 0.717) is 11.8 Å². The summed E-state index contributed by atoms with van der Waals surface area (Å²) in [5.74, 6) is 6.42. The molecule has 0 atom stereocenters. The van der Waals surface area contributed by atoms with Gasteiger partial charge in [-0.1, -0.05) is 0 Å².